The van der Waals surface area contributed by atoms with E-state index in [1.54, 1.807) is 12.3 Å². The number of nitrogens with zero attached hydrogens (tertiary/aromatic N) is 1. The molecule has 0 radical (unpaired) electrons. The van der Waals surface area contributed by atoms with E-state index in [0.717, 1.165) is 16.8 Å². The van der Waals surface area contributed by atoms with Gasteiger partial charge in [-0.1, -0.05) is 17.7 Å². The molecular formula is C16H20N2O2. The maximum Gasteiger partial charge on any atom is 0.237 e. The fourth-order valence-corrected chi connectivity index (χ4v) is 2.08. The third kappa shape index (κ3) is 3.20. The Hall–Kier alpha value is -2.23. The molecule has 2 aromatic rings. The molecule has 1 aromatic heterocycles. The van der Waals surface area contributed by atoms with Crippen molar-refractivity contribution in [2.75, 3.05) is 11.9 Å². The number of ether oxygens (including phenoxy) is 1. The second kappa shape index (κ2) is 6.28. The van der Waals surface area contributed by atoms with Crippen molar-refractivity contribution in [3.8, 4) is 11.6 Å². The lowest BCUT2D eigenvalue weighted by atomic mass is 10.0. The summed E-state index contributed by atoms with van der Waals surface area (Å²) in [7, 11) is 0. The zero-order chi connectivity index (χ0) is 14.5. The maximum atomic E-state index is 9.97. The molecule has 1 aromatic carbocycles. The molecule has 0 bridgehead atoms. The number of hydrogen-bond donors (Lipinski definition) is 2. The van der Waals surface area contributed by atoms with Crippen LogP contribution in [0.5, 0.6) is 11.6 Å². The summed E-state index contributed by atoms with van der Waals surface area (Å²) in [5.41, 5.74) is 2.79. The van der Waals surface area contributed by atoms with Gasteiger partial charge in [-0.3, -0.25) is 0 Å². The molecule has 20 heavy (non-hydrogen) atoms. The number of hydrogen-bond acceptors (Lipinski definition) is 4. The molecule has 0 saturated heterocycles. The summed E-state index contributed by atoms with van der Waals surface area (Å²) in [5, 5.41) is 13.3. The molecular weight excluding hydrogens is 252 g/mol. The summed E-state index contributed by atoms with van der Waals surface area (Å²) in [5.74, 6) is 0.867. The molecule has 0 spiro atoms. The zero-order valence-corrected chi connectivity index (χ0v) is 12.1. The molecule has 4 nitrogen and oxygen atoms in total. The van der Waals surface area contributed by atoms with E-state index < -0.39 is 0 Å². The van der Waals surface area contributed by atoms with Gasteiger partial charge < -0.3 is 15.2 Å². The molecule has 0 aliphatic carbocycles. The lowest BCUT2D eigenvalue weighted by molar-refractivity contribution is 0.328. The molecule has 1 atom stereocenters. The lowest BCUT2D eigenvalue weighted by Gasteiger charge is -2.19. The van der Waals surface area contributed by atoms with Gasteiger partial charge in [-0.2, -0.15) is 0 Å². The van der Waals surface area contributed by atoms with Crippen LogP contribution in [0.3, 0.4) is 0 Å². The van der Waals surface area contributed by atoms with Gasteiger partial charge >= 0.3 is 0 Å². The minimum absolute atomic E-state index is 0.0432. The van der Waals surface area contributed by atoms with Crippen LogP contribution >= 0.6 is 0 Å². The second-order valence-electron chi connectivity index (χ2n) is 4.72. The van der Waals surface area contributed by atoms with Gasteiger partial charge in [0.1, 0.15) is 5.75 Å². The lowest BCUT2D eigenvalue weighted by Crippen LogP contribution is -2.09. The van der Waals surface area contributed by atoms with Gasteiger partial charge in [-0.05, 0) is 39.0 Å². The van der Waals surface area contributed by atoms with Gasteiger partial charge in [0.05, 0.1) is 18.3 Å². The molecule has 106 valence electrons. The topological polar surface area (TPSA) is 54.4 Å². The van der Waals surface area contributed by atoms with Gasteiger partial charge in [-0.25, -0.2) is 4.98 Å². The summed E-state index contributed by atoms with van der Waals surface area (Å²) in [6, 6.07) is 9.31. The van der Waals surface area contributed by atoms with Crippen LogP contribution in [0.1, 0.15) is 31.0 Å². The summed E-state index contributed by atoms with van der Waals surface area (Å²) < 4.78 is 5.49. The quantitative estimate of drug-likeness (QED) is 0.872. The Morgan fingerprint density at radius 1 is 1.35 bits per heavy atom. The Kier molecular flexibility index (Phi) is 4.45. The van der Waals surface area contributed by atoms with Crippen molar-refractivity contribution >= 4 is 5.69 Å². The van der Waals surface area contributed by atoms with Crippen molar-refractivity contribution in [3.63, 3.8) is 0 Å². The average molecular weight is 272 g/mol. The first-order chi connectivity index (χ1) is 9.61. The van der Waals surface area contributed by atoms with E-state index in [1.807, 2.05) is 45.0 Å². The van der Waals surface area contributed by atoms with Crippen LogP contribution < -0.4 is 10.1 Å². The number of aryl methyl sites for hydroxylation is 1. The van der Waals surface area contributed by atoms with Crippen LogP contribution in [0, 0.1) is 6.92 Å². The van der Waals surface area contributed by atoms with Gasteiger partial charge in [0.25, 0.3) is 0 Å². The van der Waals surface area contributed by atoms with Crippen molar-refractivity contribution in [2.24, 2.45) is 0 Å². The van der Waals surface area contributed by atoms with E-state index in [9.17, 15) is 5.11 Å². The number of aromatic nitrogens is 1. The Morgan fingerprint density at radius 3 is 2.90 bits per heavy atom. The van der Waals surface area contributed by atoms with Gasteiger partial charge in [0, 0.05) is 11.8 Å². The highest BCUT2D eigenvalue weighted by Crippen LogP contribution is 2.30. The number of nitrogens with one attached hydrogen (secondary N) is 1. The molecule has 1 unspecified atom stereocenters. The van der Waals surface area contributed by atoms with Crippen molar-refractivity contribution in [2.45, 2.75) is 26.8 Å². The molecule has 0 amide bonds. The Labute approximate surface area is 119 Å². The monoisotopic (exact) mass is 272 g/mol. The second-order valence-corrected chi connectivity index (χ2v) is 4.72. The van der Waals surface area contributed by atoms with Gasteiger partial charge in [0.2, 0.25) is 5.88 Å². The molecule has 0 aliphatic rings. The standard InChI is InChI=1S/C16H20N2O2/c1-4-20-16-14(6-5-9-17-16)18-12(3)13-10-11(2)7-8-15(13)19/h5-10,12,18-19H,4H2,1-3H3. The fraction of sp³-hybridized carbons (Fsp3) is 0.312. The molecule has 0 aliphatic heterocycles. The molecule has 0 fully saturated rings. The van der Waals surface area contributed by atoms with E-state index in [1.165, 1.54) is 0 Å². The molecule has 4 heteroatoms. The smallest absolute Gasteiger partial charge is 0.237 e. The first kappa shape index (κ1) is 14.2. The predicted octanol–water partition coefficient (Wildman–Crippen LogP) is 3.67. The highest BCUT2D eigenvalue weighted by molar-refractivity contribution is 5.54. The summed E-state index contributed by atoms with van der Waals surface area (Å²) in [4.78, 5) is 4.21. The number of aromatic hydroxyl groups is 1. The van der Waals surface area contributed by atoms with Crippen LogP contribution in [0.2, 0.25) is 0 Å². The van der Waals surface area contributed by atoms with Crippen LogP contribution in [0.4, 0.5) is 5.69 Å². The Balaban J connectivity index is 2.23. The summed E-state index contributed by atoms with van der Waals surface area (Å²) >= 11 is 0. The molecule has 0 saturated carbocycles. The number of phenols is 1. The molecule has 2 rings (SSSR count). The highest BCUT2D eigenvalue weighted by Gasteiger charge is 2.13. The largest absolute Gasteiger partial charge is 0.508 e. The normalized spacial score (nSPS) is 11.9. The highest BCUT2D eigenvalue weighted by atomic mass is 16.5. The van der Waals surface area contributed by atoms with Crippen molar-refractivity contribution in [1.82, 2.24) is 4.98 Å². The number of anilines is 1. The minimum Gasteiger partial charge on any atom is -0.508 e. The molecule has 2 N–H and O–H groups in total. The van der Waals surface area contributed by atoms with Gasteiger partial charge in [-0.15, -0.1) is 0 Å². The summed E-state index contributed by atoms with van der Waals surface area (Å²) in [6.07, 6.45) is 1.70. The SMILES string of the molecule is CCOc1ncccc1NC(C)c1cc(C)ccc1O. The first-order valence-electron chi connectivity index (χ1n) is 6.75. The van der Waals surface area contributed by atoms with Crippen molar-refractivity contribution in [3.05, 3.63) is 47.7 Å². The van der Waals surface area contributed by atoms with Crippen molar-refractivity contribution < 1.29 is 9.84 Å². The zero-order valence-electron chi connectivity index (χ0n) is 12.1. The number of rotatable bonds is 5. The number of phenolic OH excluding ortho intramolecular Hbond substituents is 1. The van der Waals surface area contributed by atoms with E-state index >= 15 is 0 Å². The number of benzene rings is 1. The van der Waals surface area contributed by atoms with Crippen LogP contribution in [-0.2, 0) is 0 Å². The predicted molar refractivity (Wildman–Crippen MR) is 80.3 cm³/mol. The van der Waals surface area contributed by atoms with Crippen LogP contribution in [0.15, 0.2) is 36.5 Å². The van der Waals surface area contributed by atoms with E-state index in [4.69, 9.17) is 4.74 Å². The van der Waals surface area contributed by atoms with Crippen molar-refractivity contribution in [1.29, 1.82) is 0 Å². The third-order valence-electron chi connectivity index (χ3n) is 3.07. The van der Waals surface area contributed by atoms with E-state index in [0.29, 0.717) is 12.5 Å². The maximum absolute atomic E-state index is 9.97. The van der Waals surface area contributed by atoms with E-state index in [2.05, 4.69) is 10.3 Å². The molecule has 1 heterocycles. The Morgan fingerprint density at radius 2 is 2.15 bits per heavy atom. The average Bonchev–Trinajstić information content (AvgIpc) is 2.44. The summed E-state index contributed by atoms with van der Waals surface area (Å²) in [6.45, 7) is 6.49. The third-order valence-corrected chi connectivity index (χ3v) is 3.07. The Bertz CT molecular complexity index is 584. The van der Waals surface area contributed by atoms with Crippen LogP contribution in [0.25, 0.3) is 0 Å². The van der Waals surface area contributed by atoms with Gasteiger partial charge in [0.15, 0.2) is 0 Å². The minimum atomic E-state index is -0.0432. The van der Waals surface area contributed by atoms with E-state index in [-0.39, 0.29) is 11.8 Å². The first-order valence-corrected chi connectivity index (χ1v) is 6.75. The number of pyridine rings is 1. The fourth-order valence-electron chi connectivity index (χ4n) is 2.08. The van der Waals surface area contributed by atoms with Crippen LogP contribution in [-0.4, -0.2) is 16.7 Å².